The summed E-state index contributed by atoms with van der Waals surface area (Å²) in [6.45, 7) is 1.99. The fourth-order valence-electron chi connectivity index (χ4n) is 3.81. The molecule has 0 bridgehead atoms. The average molecular weight is 386 g/mol. The van der Waals surface area contributed by atoms with Gasteiger partial charge in [-0.25, -0.2) is 0 Å². The third-order valence-corrected chi connectivity index (χ3v) is 6.88. The van der Waals surface area contributed by atoms with E-state index in [4.69, 9.17) is 9.15 Å². The summed E-state index contributed by atoms with van der Waals surface area (Å²) in [5.41, 5.74) is 0.673. The van der Waals surface area contributed by atoms with Gasteiger partial charge in [0.1, 0.15) is 5.75 Å². The first-order valence-electron chi connectivity index (χ1n) is 9.06. The van der Waals surface area contributed by atoms with Crippen LogP contribution in [0.25, 0.3) is 0 Å². The summed E-state index contributed by atoms with van der Waals surface area (Å²) in [7, 11) is 1.61. The van der Waals surface area contributed by atoms with Gasteiger partial charge in [0.15, 0.2) is 5.76 Å². The van der Waals surface area contributed by atoms with Gasteiger partial charge in [0.25, 0.3) is 11.8 Å². The number of hydrogen-bond acceptors (Lipinski definition) is 5. The van der Waals surface area contributed by atoms with Crippen LogP contribution in [0.2, 0.25) is 0 Å². The van der Waals surface area contributed by atoms with Gasteiger partial charge >= 0.3 is 0 Å². The number of piperidine rings is 1. The molecule has 1 aromatic carbocycles. The van der Waals surface area contributed by atoms with Crippen molar-refractivity contribution in [2.24, 2.45) is 0 Å². The number of benzene rings is 1. The third kappa shape index (κ3) is 3.32. The van der Waals surface area contributed by atoms with E-state index < -0.39 is 0 Å². The minimum absolute atomic E-state index is 0.0495. The summed E-state index contributed by atoms with van der Waals surface area (Å²) in [5, 5.41) is 0. The molecule has 27 heavy (non-hydrogen) atoms. The van der Waals surface area contributed by atoms with Crippen molar-refractivity contribution >= 4 is 23.6 Å². The van der Waals surface area contributed by atoms with Crippen LogP contribution in [0.4, 0.5) is 0 Å². The average Bonchev–Trinajstić information content (AvgIpc) is 3.38. The van der Waals surface area contributed by atoms with Crippen LogP contribution in [0.1, 0.15) is 33.8 Å². The summed E-state index contributed by atoms with van der Waals surface area (Å²) in [6.07, 6.45) is 3.05. The minimum atomic E-state index is -0.225. The van der Waals surface area contributed by atoms with Crippen molar-refractivity contribution in [2.75, 3.05) is 32.5 Å². The molecule has 4 rings (SSSR count). The molecule has 2 saturated heterocycles. The number of nitrogens with zero attached hydrogens (tertiary/aromatic N) is 2. The smallest absolute Gasteiger partial charge is 0.289 e. The van der Waals surface area contributed by atoms with Crippen LogP contribution in [0.15, 0.2) is 47.1 Å². The van der Waals surface area contributed by atoms with Crippen molar-refractivity contribution < 1.29 is 18.7 Å². The van der Waals surface area contributed by atoms with Crippen molar-refractivity contribution in [1.82, 2.24) is 9.80 Å². The molecule has 3 heterocycles. The molecule has 2 aromatic rings. The van der Waals surface area contributed by atoms with Crippen molar-refractivity contribution in [3.8, 4) is 5.75 Å². The number of likely N-dealkylation sites (tertiary alicyclic amines) is 1. The molecule has 0 N–H and O–H groups in total. The van der Waals surface area contributed by atoms with E-state index in [1.807, 2.05) is 45.8 Å². The molecule has 0 saturated carbocycles. The Balaban J connectivity index is 1.46. The molecule has 0 unspecified atom stereocenters. The van der Waals surface area contributed by atoms with Crippen LogP contribution in [0.5, 0.6) is 5.75 Å². The van der Waals surface area contributed by atoms with Crippen LogP contribution < -0.4 is 4.74 Å². The molecule has 6 nitrogen and oxygen atoms in total. The number of thioether (sulfide) groups is 1. The quantitative estimate of drug-likeness (QED) is 0.811. The Morgan fingerprint density at radius 2 is 1.81 bits per heavy atom. The zero-order chi connectivity index (χ0) is 18.9. The van der Waals surface area contributed by atoms with Crippen molar-refractivity contribution in [1.29, 1.82) is 0 Å². The number of carbonyl (C=O) groups is 2. The summed E-state index contributed by atoms with van der Waals surface area (Å²) in [5.74, 6) is 2.01. The number of furan rings is 1. The van der Waals surface area contributed by atoms with Crippen molar-refractivity contribution in [3.05, 3.63) is 54.0 Å². The zero-order valence-corrected chi connectivity index (χ0v) is 16.0. The molecule has 2 aliphatic heterocycles. The first-order valence-corrected chi connectivity index (χ1v) is 10.0. The fourth-order valence-corrected chi connectivity index (χ4v) is 5.27. The van der Waals surface area contributed by atoms with E-state index >= 15 is 0 Å². The van der Waals surface area contributed by atoms with Gasteiger partial charge in [0.05, 0.1) is 18.2 Å². The van der Waals surface area contributed by atoms with Crippen LogP contribution in [-0.2, 0) is 0 Å². The number of carbonyl (C=O) groups excluding carboxylic acids is 2. The number of hydrogen-bond donors (Lipinski definition) is 0. The molecule has 7 heteroatoms. The lowest BCUT2D eigenvalue weighted by Gasteiger charge is -2.44. The van der Waals surface area contributed by atoms with E-state index in [-0.39, 0.29) is 16.7 Å². The highest BCUT2D eigenvalue weighted by molar-refractivity contribution is 8.00. The maximum absolute atomic E-state index is 13.1. The third-order valence-electron chi connectivity index (χ3n) is 5.32. The summed E-state index contributed by atoms with van der Waals surface area (Å²) >= 11 is 1.83. The highest BCUT2D eigenvalue weighted by Crippen LogP contribution is 2.44. The molecule has 2 aliphatic rings. The highest BCUT2D eigenvalue weighted by atomic mass is 32.2. The van der Waals surface area contributed by atoms with Crippen LogP contribution >= 0.6 is 11.8 Å². The number of methoxy groups -OCH3 is 1. The topological polar surface area (TPSA) is 63.0 Å². The molecule has 142 valence electrons. The fraction of sp³-hybridized carbons (Fsp3) is 0.400. The van der Waals surface area contributed by atoms with E-state index in [2.05, 4.69) is 0 Å². The second-order valence-corrected chi connectivity index (χ2v) is 8.21. The second-order valence-electron chi connectivity index (χ2n) is 6.75. The normalized spacial score (nSPS) is 18.7. The molecule has 2 fully saturated rings. The van der Waals surface area contributed by atoms with Gasteiger partial charge in [-0.1, -0.05) is 0 Å². The van der Waals surface area contributed by atoms with E-state index in [0.29, 0.717) is 24.4 Å². The van der Waals surface area contributed by atoms with Gasteiger partial charge in [-0.3, -0.25) is 9.59 Å². The van der Waals surface area contributed by atoms with E-state index in [0.717, 1.165) is 30.9 Å². The monoisotopic (exact) mass is 386 g/mol. The number of amides is 2. The van der Waals surface area contributed by atoms with Gasteiger partial charge in [0, 0.05) is 31.0 Å². The molecule has 1 aromatic heterocycles. The standard InChI is InChI=1S/C20H22N2O4S/c1-25-16-6-4-15(5-7-16)18(23)22-12-14-27-20(22)8-10-21(11-9-20)19(24)17-3-2-13-26-17/h2-7,13H,8-12,14H2,1H3. The second kappa shape index (κ2) is 7.31. The molecule has 1 spiro atoms. The molecule has 2 amide bonds. The summed E-state index contributed by atoms with van der Waals surface area (Å²) < 4.78 is 10.4. The van der Waals surface area contributed by atoms with E-state index in [9.17, 15) is 9.59 Å². The maximum Gasteiger partial charge on any atom is 0.289 e. The van der Waals surface area contributed by atoms with Gasteiger partial charge in [0.2, 0.25) is 0 Å². The Morgan fingerprint density at radius 1 is 1.07 bits per heavy atom. The van der Waals surface area contributed by atoms with E-state index in [1.165, 1.54) is 6.26 Å². The van der Waals surface area contributed by atoms with Crippen LogP contribution in [-0.4, -0.2) is 59.0 Å². The zero-order valence-electron chi connectivity index (χ0n) is 15.2. The van der Waals surface area contributed by atoms with Crippen molar-refractivity contribution in [3.63, 3.8) is 0 Å². The van der Waals surface area contributed by atoms with Crippen molar-refractivity contribution in [2.45, 2.75) is 17.7 Å². The predicted octanol–water partition coefficient (Wildman–Crippen LogP) is 3.11. The lowest BCUT2D eigenvalue weighted by Crippen LogP contribution is -2.53. The first-order chi connectivity index (χ1) is 13.1. The molecule has 0 atom stereocenters. The maximum atomic E-state index is 13.1. The summed E-state index contributed by atoms with van der Waals surface area (Å²) in [4.78, 5) is 29.2. The lowest BCUT2D eigenvalue weighted by atomic mass is 10.0. The Kier molecular flexibility index (Phi) is 4.86. The molecular weight excluding hydrogens is 364 g/mol. The number of rotatable bonds is 3. The van der Waals surface area contributed by atoms with Crippen LogP contribution in [0, 0.1) is 0 Å². The lowest BCUT2D eigenvalue weighted by molar-refractivity contribution is 0.0483. The van der Waals surface area contributed by atoms with E-state index in [1.54, 1.807) is 19.2 Å². The number of ether oxygens (including phenoxy) is 1. The van der Waals surface area contributed by atoms with Gasteiger partial charge in [-0.2, -0.15) is 0 Å². The summed E-state index contributed by atoms with van der Waals surface area (Å²) in [6, 6.07) is 10.7. The predicted molar refractivity (Wildman–Crippen MR) is 103 cm³/mol. The van der Waals surface area contributed by atoms with Crippen LogP contribution in [0.3, 0.4) is 0 Å². The van der Waals surface area contributed by atoms with Gasteiger partial charge < -0.3 is 19.0 Å². The molecule has 0 radical (unpaired) electrons. The molecule has 0 aliphatic carbocycles. The Bertz CT molecular complexity index is 811. The van der Waals surface area contributed by atoms with Gasteiger partial charge in [-0.15, -0.1) is 11.8 Å². The SMILES string of the molecule is COc1ccc(C(=O)N2CCSC23CCN(C(=O)c2ccco2)CC3)cc1. The Morgan fingerprint density at radius 3 is 2.44 bits per heavy atom. The first kappa shape index (κ1) is 18.0. The molecular formula is C20H22N2O4S. The minimum Gasteiger partial charge on any atom is -0.497 e. The Labute approximate surface area is 162 Å². The largest absolute Gasteiger partial charge is 0.497 e. The highest BCUT2D eigenvalue weighted by Gasteiger charge is 2.47. The van der Waals surface area contributed by atoms with Gasteiger partial charge in [-0.05, 0) is 49.2 Å². The Hall–Kier alpha value is -2.41.